The van der Waals surface area contributed by atoms with Crippen molar-refractivity contribution in [2.45, 2.75) is 44.3 Å². The first kappa shape index (κ1) is 19.0. The number of aliphatic hydroxyl groups is 4. The molecule has 1 unspecified atom stereocenters. The van der Waals surface area contributed by atoms with E-state index in [0.717, 1.165) is 0 Å². The molecular formula is C11H23O9P. The highest BCUT2D eigenvalue weighted by Gasteiger charge is 2.43. The highest BCUT2D eigenvalue weighted by atomic mass is 31.2. The van der Waals surface area contributed by atoms with E-state index >= 15 is 0 Å². The lowest BCUT2D eigenvalue weighted by Crippen LogP contribution is -2.36. The van der Waals surface area contributed by atoms with Gasteiger partial charge in [0.1, 0.15) is 18.3 Å². The summed E-state index contributed by atoms with van der Waals surface area (Å²) in [6.07, 6.45) is -5.33. The van der Waals surface area contributed by atoms with E-state index in [9.17, 15) is 25.0 Å². The van der Waals surface area contributed by atoms with Crippen LogP contribution in [0.1, 0.15) is 13.8 Å². The lowest BCUT2D eigenvalue weighted by atomic mass is 10.1. The lowest BCUT2D eigenvalue weighted by molar-refractivity contribution is -0.140. The van der Waals surface area contributed by atoms with Crippen LogP contribution in [-0.2, 0) is 23.1 Å². The van der Waals surface area contributed by atoms with Gasteiger partial charge < -0.3 is 38.9 Å². The van der Waals surface area contributed by atoms with Crippen LogP contribution in [0.25, 0.3) is 0 Å². The number of rotatable bonds is 9. The molecule has 0 radical (unpaired) electrons. The normalized spacial score (nSPS) is 31.5. The third-order valence-corrected chi connectivity index (χ3v) is 5.17. The second-order valence-electron chi connectivity index (χ2n) is 4.39. The van der Waals surface area contributed by atoms with Crippen molar-refractivity contribution < 1.29 is 43.5 Å². The summed E-state index contributed by atoms with van der Waals surface area (Å²) in [5.41, 5.74) is 0. The summed E-state index contributed by atoms with van der Waals surface area (Å²) in [5.74, 6) is -1.25. The molecule has 0 aliphatic carbocycles. The van der Waals surface area contributed by atoms with Crippen LogP contribution in [0.15, 0.2) is 0 Å². The summed E-state index contributed by atoms with van der Waals surface area (Å²) in [6.45, 7) is 2.54. The van der Waals surface area contributed by atoms with E-state index < -0.39 is 44.6 Å². The van der Waals surface area contributed by atoms with Crippen molar-refractivity contribution in [2.24, 2.45) is 0 Å². The number of hydrogen-bond donors (Lipinski definition) is 4. The largest absolute Gasteiger partial charge is 0.393 e. The smallest absolute Gasteiger partial charge is 0.361 e. The zero-order chi connectivity index (χ0) is 16.0. The molecule has 1 aliphatic heterocycles. The van der Waals surface area contributed by atoms with Crippen molar-refractivity contribution in [3.8, 4) is 0 Å². The van der Waals surface area contributed by atoms with E-state index in [4.69, 9.17) is 18.5 Å². The first-order valence-electron chi connectivity index (χ1n) is 6.70. The van der Waals surface area contributed by atoms with Crippen LogP contribution >= 0.6 is 7.60 Å². The molecule has 9 nitrogen and oxygen atoms in total. The molecule has 1 heterocycles. The standard InChI is InChI=1S/C11H23O9P/c1-3-18-21(16,19-4-2)8(5-12)17-6-7-9(13)10(14)11(15)20-7/h7-15H,3-6H2,1-2H3/t7-,8?,9-,10-,11-/m1/s1. The van der Waals surface area contributed by atoms with E-state index in [1.54, 1.807) is 13.8 Å². The van der Waals surface area contributed by atoms with Crippen molar-refractivity contribution in [3.63, 3.8) is 0 Å². The first-order valence-corrected chi connectivity index (χ1v) is 8.31. The van der Waals surface area contributed by atoms with Gasteiger partial charge >= 0.3 is 7.60 Å². The van der Waals surface area contributed by atoms with Crippen LogP contribution in [0.2, 0.25) is 0 Å². The molecule has 1 fully saturated rings. The van der Waals surface area contributed by atoms with Gasteiger partial charge in [0.15, 0.2) is 12.1 Å². The zero-order valence-corrected chi connectivity index (χ0v) is 12.9. The van der Waals surface area contributed by atoms with Gasteiger partial charge in [0.2, 0.25) is 0 Å². The van der Waals surface area contributed by atoms with E-state index in [2.05, 4.69) is 0 Å². The van der Waals surface area contributed by atoms with Gasteiger partial charge in [-0.25, -0.2) is 0 Å². The van der Waals surface area contributed by atoms with Crippen molar-refractivity contribution in [1.82, 2.24) is 0 Å². The number of ether oxygens (including phenoxy) is 2. The Morgan fingerprint density at radius 2 is 1.71 bits per heavy atom. The van der Waals surface area contributed by atoms with Crippen LogP contribution in [0.5, 0.6) is 0 Å². The molecule has 0 amide bonds. The monoisotopic (exact) mass is 330 g/mol. The molecule has 5 atom stereocenters. The second-order valence-corrected chi connectivity index (χ2v) is 6.56. The average Bonchev–Trinajstić information content (AvgIpc) is 2.67. The fraction of sp³-hybridized carbons (Fsp3) is 1.00. The Morgan fingerprint density at radius 3 is 2.10 bits per heavy atom. The zero-order valence-electron chi connectivity index (χ0n) is 12.0. The van der Waals surface area contributed by atoms with Crippen molar-refractivity contribution in [3.05, 3.63) is 0 Å². The quantitative estimate of drug-likeness (QED) is 0.394. The Morgan fingerprint density at radius 1 is 1.14 bits per heavy atom. The molecule has 126 valence electrons. The Labute approximate surface area is 122 Å². The minimum atomic E-state index is -3.67. The van der Waals surface area contributed by atoms with Gasteiger partial charge in [0.25, 0.3) is 0 Å². The van der Waals surface area contributed by atoms with Gasteiger partial charge in [0, 0.05) is 0 Å². The first-order chi connectivity index (χ1) is 9.89. The molecule has 0 spiro atoms. The van der Waals surface area contributed by atoms with E-state index in [1.807, 2.05) is 0 Å². The summed E-state index contributed by atoms with van der Waals surface area (Å²) in [6, 6.07) is 0. The van der Waals surface area contributed by atoms with Gasteiger partial charge in [-0.05, 0) is 13.8 Å². The number of aliphatic hydroxyl groups excluding tert-OH is 4. The summed E-state index contributed by atoms with van der Waals surface area (Å²) in [5, 5.41) is 37.5. The molecule has 0 bridgehead atoms. The van der Waals surface area contributed by atoms with Gasteiger partial charge in [-0.1, -0.05) is 0 Å². The van der Waals surface area contributed by atoms with Gasteiger partial charge in [-0.2, -0.15) is 0 Å². The van der Waals surface area contributed by atoms with Gasteiger partial charge in [-0.15, -0.1) is 0 Å². The molecule has 0 aromatic rings. The SMILES string of the molecule is CCOP(=O)(OCC)C(CO)OC[C@H]1O[C@@H](O)[C@H](O)[C@@H]1O. The van der Waals surface area contributed by atoms with E-state index in [-0.39, 0.29) is 19.8 Å². The molecule has 1 rings (SSSR count). The highest BCUT2D eigenvalue weighted by molar-refractivity contribution is 7.54. The van der Waals surface area contributed by atoms with Crippen LogP contribution in [0.3, 0.4) is 0 Å². The molecule has 1 saturated heterocycles. The second kappa shape index (κ2) is 8.52. The summed E-state index contributed by atoms with van der Waals surface area (Å²) < 4.78 is 32.7. The van der Waals surface area contributed by atoms with Crippen LogP contribution in [0.4, 0.5) is 0 Å². The summed E-state index contributed by atoms with van der Waals surface area (Å²) >= 11 is 0. The van der Waals surface area contributed by atoms with Gasteiger partial charge in [-0.3, -0.25) is 4.57 Å². The van der Waals surface area contributed by atoms with Crippen molar-refractivity contribution in [2.75, 3.05) is 26.4 Å². The molecule has 0 saturated carbocycles. The minimum absolute atomic E-state index is 0.108. The van der Waals surface area contributed by atoms with Crippen molar-refractivity contribution in [1.29, 1.82) is 0 Å². The Bertz CT molecular complexity index is 343. The summed E-state index contributed by atoms with van der Waals surface area (Å²) in [4.78, 5) is 0. The highest BCUT2D eigenvalue weighted by Crippen LogP contribution is 2.53. The molecule has 1 aliphatic rings. The molecule has 0 aromatic carbocycles. The predicted molar refractivity (Wildman–Crippen MR) is 70.6 cm³/mol. The topological polar surface area (TPSA) is 135 Å². The lowest BCUT2D eigenvalue weighted by Gasteiger charge is -2.26. The maximum absolute atomic E-state index is 12.4. The fourth-order valence-electron chi connectivity index (χ4n) is 1.88. The van der Waals surface area contributed by atoms with Gasteiger partial charge in [0.05, 0.1) is 26.4 Å². The maximum atomic E-state index is 12.4. The number of hydrogen-bond acceptors (Lipinski definition) is 9. The third kappa shape index (κ3) is 4.69. The Hall–Kier alpha value is -0.0900. The van der Waals surface area contributed by atoms with E-state index in [0.29, 0.717) is 0 Å². The van der Waals surface area contributed by atoms with Crippen LogP contribution in [0, 0.1) is 0 Å². The van der Waals surface area contributed by atoms with Crippen LogP contribution < -0.4 is 0 Å². The molecule has 4 N–H and O–H groups in total. The van der Waals surface area contributed by atoms with Crippen molar-refractivity contribution >= 4 is 7.60 Å². The molecule has 21 heavy (non-hydrogen) atoms. The fourth-order valence-corrected chi connectivity index (χ4v) is 3.48. The summed E-state index contributed by atoms with van der Waals surface area (Å²) in [7, 11) is -3.67. The third-order valence-electron chi connectivity index (χ3n) is 2.92. The maximum Gasteiger partial charge on any atom is 0.361 e. The van der Waals surface area contributed by atoms with E-state index in [1.165, 1.54) is 0 Å². The Balaban J connectivity index is 2.63. The predicted octanol–water partition coefficient (Wildman–Crippen LogP) is -0.974. The van der Waals surface area contributed by atoms with Crippen LogP contribution in [-0.4, -0.2) is 77.3 Å². The molecule has 10 heteroatoms. The minimum Gasteiger partial charge on any atom is -0.393 e. The molecular weight excluding hydrogens is 307 g/mol. The average molecular weight is 330 g/mol. The molecule has 0 aromatic heterocycles. The Kier molecular flexibility index (Phi) is 7.69.